The van der Waals surface area contributed by atoms with Crippen molar-refractivity contribution in [2.24, 2.45) is 0 Å². The predicted molar refractivity (Wildman–Crippen MR) is 165 cm³/mol. The molecule has 1 fully saturated rings. The maximum Gasteiger partial charge on any atom is 0.301 e. The molecule has 220 valence electrons. The van der Waals surface area contributed by atoms with E-state index in [1.807, 2.05) is 32.9 Å². The van der Waals surface area contributed by atoms with Crippen molar-refractivity contribution in [3.05, 3.63) is 89.0 Å². The zero-order valence-electron chi connectivity index (χ0n) is 24.0. The van der Waals surface area contributed by atoms with E-state index in [2.05, 4.69) is 6.58 Å². The summed E-state index contributed by atoms with van der Waals surface area (Å²) >= 11 is 1.32. The van der Waals surface area contributed by atoms with Crippen molar-refractivity contribution in [1.82, 2.24) is 4.98 Å². The lowest BCUT2D eigenvalue weighted by Gasteiger charge is -2.24. The van der Waals surface area contributed by atoms with Crippen LogP contribution in [0, 0.1) is 13.8 Å². The Balaban J connectivity index is 1.55. The van der Waals surface area contributed by atoms with Gasteiger partial charge in [0.25, 0.3) is 5.78 Å². The number of Topliss-reactive ketones (excluding diaryl/α,β-unsaturated/α-hetero) is 1. The number of aryl methyl sites for hydroxylation is 2. The van der Waals surface area contributed by atoms with Crippen molar-refractivity contribution in [1.29, 1.82) is 0 Å². The average molecular weight is 599 g/mol. The SMILES string of the molecule is C=CCOc1ccc(C2C(=C(O)c3ccc4c(c3)OCCO4)C(=O)C(=O)N2c2nc3c(C)cc(C)cc3s2)cc1OCC. The minimum atomic E-state index is -0.997. The van der Waals surface area contributed by atoms with Crippen LogP contribution in [0.15, 0.2) is 66.8 Å². The Morgan fingerprint density at radius 2 is 1.86 bits per heavy atom. The van der Waals surface area contributed by atoms with Crippen LogP contribution in [0.25, 0.3) is 16.0 Å². The Hall–Kier alpha value is -4.83. The number of hydrogen-bond acceptors (Lipinski definition) is 9. The van der Waals surface area contributed by atoms with Crippen LogP contribution in [0.5, 0.6) is 23.0 Å². The Bertz CT molecular complexity index is 1810. The topological polar surface area (TPSA) is 107 Å². The van der Waals surface area contributed by atoms with Crippen molar-refractivity contribution in [2.75, 3.05) is 31.3 Å². The van der Waals surface area contributed by atoms with Gasteiger partial charge in [0.05, 0.1) is 28.4 Å². The fraction of sp³-hybridized carbons (Fsp3) is 0.242. The Morgan fingerprint density at radius 3 is 2.63 bits per heavy atom. The van der Waals surface area contributed by atoms with Gasteiger partial charge in [0, 0.05) is 5.56 Å². The highest BCUT2D eigenvalue weighted by Gasteiger charge is 2.48. The average Bonchev–Trinajstić information content (AvgIpc) is 3.54. The molecule has 2 aliphatic heterocycles. The fourth-order valence-electron chi connectivity index (χ4n) is 5.38. The fourth-order valence-corrected chi connectivity index (χ4v) is 6.55. The summed E-state index contributed by atoms with van der Waals surface area (Å²) in [6, 6.07) is 13.1. The van der Waals surface area contributed by atoms with E-state index < -0.39 is 17.7 Å². The lowest BCUT2D eigenvalue weighted by atomic mass is 9.95. The van der Waals surface area contributed by atoms with E-state index in [0.29, 0.717) is 59.1 Å². The van der Waals surface area contributed by atoms with E-state index in [1.54, 1.807) is 42.5 Å². The monoisotopic (exact) mass is 598 g/mol. The number of benzene rings is 3. The number of carbonyl (C=O) groups excluding carboxylic acids is 2. The third-order valence-corrected chi connectivity index (χ3v) is 8.23. The maximum absolute atomic E-state index is 13.8. The van der Waals surface area contributed by atoms with E-state index in [1.165, 1.54) is 16.2 Å². The molecule has 1 atom stereocenters. The zero-order chi connectivity index (χ0) is 30.2. The molecule has 43 heavy (non-hydrogen) atoms. The van der Waals surface area contributed by atoms with Crippen molar-refractivity contribution in [3.8, 4) is 23.0 Å². The van der Waals surface area contributed by atoms with Gasteiger partial charge in [-0.1, -0.05) is 36.1 Å². The second-order valence-electron chi connectivity index (χ2n) is 10.2. The van der Waals surface area contributed by atoms with E-state index in [-0.39, 0.29) is 17.9 Å². The second-order valence-corrected chi connectivity index (χ2v) is 11.2. The third kappa shape index (κ3) is 5.08. The van der Waals surface area contributed by atoms with Crippen LogP contribution >= 0.6 is 11.3 Å². The number of aliphatic hydroxyl groups is 1. The minimum Gasteiger partial charge on any atom is -0.507 e. The molecule has 0 radical (unpaired) electrons. The molecular formula is C33H30N2O7S. The van der Waals surface area contributed by atoms with Gasteiger partial charge in [-0.2, -0.15) is 0 Å². The summed E-state index contributed by atoms with van der Waals surface area (Å²) in [6.07, 6.45) is 1.63. The molecule has 2 aliphatic rings. The molecule has 1 saturated heterocycles. The van der Waals surface area contributed by atoms with Crippen LogP contribution < -0.4 is 23.8 Å². The number of fused-ring (bicyclic) bond motifs is 2. The van der Waals surface area contributed by atoms with Gasteiger partial charge >= 0.3 is 5.91 Å². The van der Waals surface area contributed by atoms with Gasteiger partial charge in [-0.15, -0.1) is 0 Å². The van der Waals surface area contributed by atoms with Crippen LogP contribution in [-0.4, -0.2) is 48.2 Å². The number of amides is 1. The normalized spacial score (nSPS) is 17.4. The molecule has 1 unspecified atom stereocenters. The van der Waals surface area contributed by atoms with Gasteiger partial charge in [0.1, 0.15) is 25.6 Å². The molecule has 10 heteroatoms. The number of aliphatic hydroxyl groups excluding tert-OH is 1. The summed E-state index contributed by atoms with van der Waals surface area (Å²) in [5, 5.41) is 12.0. The number of ketones is 1. The Labute approximate surface area is 252 Å². The molecule has 3 heterocycles. The van der Waals surface area contributed by atoms with Gasteiger partial charge in [-0.05, 0) is 73.9 Å². The van der Waals surface area contributed by atoms with Gasteiger partial charge in [0.15, 0.2) is 28.1 Å². The number of ether oxygens (including phenoxy) is 4. The molecule has 6 rings (SSSR count). The van der Waals surface area contributed by atoms with Crippen LogP contribution in [0.2, 0.25) is 0 Å². The first-order valence-corrected chi connectivity index (χ1v) is 14.7. The number of anilines is 1. The standard InChI is InChI=1S/C33H30N2O7S/c1-5-11-40-22-9-7-20(16-24(22)39-6-2)29-27(30(36)21-8-10-23-25(17-21)42-13-12-41-23)31(37)32(38)35(29)33-34-28-19(4)14-18(3)15-26(28)43-33/h5,7-10,14-17,29,36H,1,6,11-13H2,2-4H3. The smallest absolute Gasteiger partial charge is 0.301 e. The molecule has 1 amide bonds. The maximum atomic E-state index is 13.8. The van der Waals surface area contributed by atoms with E-state index in [4.69, 9.17) is 23.9 Å². The number of carbonyl (C=O) groups is 2. The van der Waals surface area contributed by atoms with E-state index in [0.717, 1.165) is 21.3 Å². The number of thiazole rings is 1. The third-order valence-electron chi connectivity index (χ3n) is 7.22. The number of rotatable bonds is 8. The van der Waals surface area contributed by atoms with E-state index >= 15 is 0 Å². The van der Waals surface area contributed by atoms with Gasteiger partial charge in [-0.3, -0.25) is 14.5 Å². The predicted octanol–water partition coefficient (Wildman–Crippen LogP) is 6.27. The molecule has 1 N–H and O–H groups in total. The first-order chi connectivity index (χ1) is 20.8. The molecule has 0 bridgehead atoms. The summed E-state index contributed by atoms with van der Waals surface area (Å²) < 4.78 is 23.9. The second kappa shape index (κ2) is 11.4. The van der Waals surface area contributed by atoms with Crippen LogP contribution in [0.4, 0.5) is 5.13 Å². The first kappa shape index (κ1) is 28.3. The largest absolute Gasteiger partial charge is 0.507 e. The minimum absolute atomic E-state index is 0.0731. The highest BCUT2D eigenvalue weighted by molar-refractivity contribution is 7.22. The highest BCUT2D eigenvalue weighted by Crippen LogP contribution is 2.47. The molecule has 4 aromatic rings. The number of hydrogen-bond donors (Lipinski definition) is 1. The van der Waals surface area contributed by atoms with Crippen LogP contribution in [0.1, 0.15) is 35.2 Å². The van der Waals surface area contributed by atoms with Crippen molar-refractivity contribution in [3.63, 3.8) is 0 Å². The van der Waals surface area contributed by atoms with Crippen molar-refractivity contribution >= 4 is 44.1 Å². The number of aromatic nitrogens is 1. The molecule has 1 aromatic heterocycles. The zero-order valence-corrected chi connectivity index (χ0v) is 24.8. The molecule has 0 spiro atoms. The van der Waals surface area contributed by atoms with E-state index in [9.17, 15) is 14.7 Å². The lowest BCUT2D eigenvalue weighted by Crippen LogP contribution is -2.29. The van der Waals surface area contributed by atoms with Crippen LogP contribution in [0.3, 0.4) is 0 Å². The van der Waals surface area contributed by atoms with Gasteiger partial charge in [0.2, 0.25) is 0 Å². The summed E-state index contributed by atoms with van der Waals surface area (Å²) in [7, 11) is 0. The molecule has 3 aromatic carbocycles. The molecule has 9 nitrogen and oxygen atoms in total. The summed E-state index contributed by atoms with van der Waals surface area (Å²) in [6.45, 7) is 10.9. The Morgan fingerprint density at radius 1 is 1.07 bits per heavy atom. The number of nitrogens with zero attached hydrogens (tertiary/aromatic N) is 2. The summed E-state index contributed by atoms with van der Waals surface area (Å²) in [4.78, 5) is 33.7. The molecule has 0 aliphatic carbocycles. The summed E-state index contributed by atoms with van der Waals surface area (Å²) in [5.74, 6) is -0.0439. The molecule has 0 saturated carbocycles. The highest BCUT2D eigenvalue weighted by atomic mass is 32.1. The van der Waals surface area contributed by atoms with Gasteiger partial charge < -0.3 is 24.1 Å². The summed E-state index contributed by atoms with van der Waals surface area (Å²) in [5.41, 5.74) is 3.56. The molecular weight excluding hydrogens is 568 g/mol. The van der Waals surface area contributed by atoms with Crippen LogP contribution in [-0.2, 0) is 9.59 Å². The first-order valence-electron chi connectivity index (χ1n) is 13.9. The van der Waals surface area contributed by atoms with Crippen molar-refractivity contribution in [2.45, 2.75) is 26.8 Å². The Kier molecular flexibility index (Phi) is 7.53. The quantitative estimate of drug-likeness (QED) is 0.109. The lowest BCUT2D eigenvalue weighted by molar-refractivity contribution is -0.132. The van der Waals surface area contributed by atoms with Gasteiger partial charge in [-0.25, -0.2) is 4.98 Å². The van der Waals surface area contributed by atoms with Crippen molar-refractivity contribution < 1.29 is 33.6 Å².